The number of hydrogen-bond acceptors (Lipinski definition) is 3. The van der Waals surface area contributed by atoms with Crippen molar-refractivity contribution < 1.29 is 9.21 Å². The molecule has 2 unspecified atom stereocenters. The molecule has 0 aliphatic rings. The third-order valence-electron chi connectivity index (χ3n) is 4.55. The van der Waals surface area contributed by atoms with E-state index in [-0.39, 0.29) is 18.5 Å². The molecule has 2 atom stereocenters. The summed E-state index contributed by atoms with van der Waals surface area (Å²) in [5.41, 5.74) is 1.26. The summed E-state index contributed by atoms with van der Waals surface area (Å²) in [6, 6.07) is 14.3. The largest absolute Gasteiger partial charge is 0.469 e. The lowest BCUT2D eigenvalue weighted by molar-refractivity contribution is -0.127. The number of carbonyl (C=O) groups excluding carboxylic acids is 1. The molecular weight excluding hydrogens is 340 g/mol. The second kappa shape index (κ2) is 10.4. The Morgan fingerprint density at radius 3 is 2.52 bits per heavy atom. The van der Waals surface area contributed by atoms with Gasteiger partial charge in [-0.2, -0.15) is 0 Å². The molecule has 0 saturated carbocycles. The third kappa shape index (κ3) is 6.81. The van der Waals surface area contributed by atoms with Crippen molar-refractivity contribution in [2.45, 2.75) is 32.2 Å². The van der Waals surface area contributed by atoms with Crippen LogP contribution < -0.4 is 10.6 Å². The molecule has 0 spiro atoms. The van der Waals surface area contributed by atoms with Crippen LogP contribution >= 0.6 is 0 Å². The van der Waals surface area contributed by atoms with E-state index >= 15 is 0 Å². The molecule has 0 bridgehead atoms. The van der Waals surface area contributed by atoms with E-state index in [1.54, 1.807) is 25.3 Å². The molecule has 0 saturated heterocycles. The summed E-state index contributed by atoms with van der Waals surface area (Å²) >= 11 is 0. The predicted molar refractivity (Wildman–Crippen MR) is 109 cm³/mol. The first kappa shape index (κ1) is 20.6. The van der Waals surface area contributed by atoms with Gasteiger partial charge in [0.25, 0.3) is 0 Å². The van der Waals surface area contributed by atoms with Crippen molar-refractivity contribution >= 4 is 11.9 Å². The lowest BCUT2D eigenvalue weighted by atomic mass is 9.94. The minimum atomic E-state index is -0.0362. The minimum Gasteiger partial charge on any atom is -0.469 e. The van der Waals surface area contributed by atoms with Crippen LogP contribution in [-0.4, -0.2) is 50.0 Å². The molecule has 1 aromatic carbocycles. The second-order valence-electron chi connectivity index (χ2n) is 6.84. The number of guanidine groups is 1. The highest BCUT2D eigenvalue weighted by molar-refractivity contribution is 5.85. The molecule has 0 fully saturated rings. The molecule has 2 N–H and O–H groups in total. The van der Waals surface area contributed by atoms with Gasteiger partial charge in [0.1, 0.15) is 12.3 Å². The SMILES string of the molecule is CC(NC(=NCC(=O)N(C)C)NCCc1ccco1)C(C)c1ccccc1. The number of furan rings is 1. The number of nitrogens with zero attached hydrogens (tertiary/aromatic N) is 2. The predicted octanol–water partition coefficient (Wildman–Crippen LogP) is 2.64. The fraction of sp³-hybridized carbons (Fsp3) is 0.429. The Bertz CT molecular complexity index is 711. The van der Waals surface area contributed by atoms with Crippen LogP contribution in [0.3, 0.4) is 0 Å². The second-order valence-corrected chi connectivity index (χ2v) is 6.84. The molecule has 0 radical (unpaired) electrons. The standard InChI is InChI=1S/C21H30N4O2/c1-16(18-9-6-5-7-10-18)17(2)24-21(23-15-20(26)25(3)4)22-13-12-19-11-8-14-27-19/h5-11,14,16-17H,12-13,15H2,1-4H3,(H2,22,23,24). The molecule has 146 valence electrons. The normalized spacial score (nSPS) is 13.7. The van der Waals surface area contributed by atoms with Crippen LogP contribution in [0.25, 0.3) is 0 Å². The maximum atomic E-state index is 11.9. The Kier molecular flexibility index (Phi) is 7.92. The molecule has 0 aliphatic carbocycles. The lowest BCUT2D eigenvalue weighted by Gasteiger charge is -2.24. The summed E-state index contributed by atoms with van der Waals surface area (Å²) in [6.45, 7) is 5.07. The average Bonchev–Trinajstić information content (AvgIpc) is 3.19. The fourth-order valence-corrected chi connectivity index (χ4v) is 2.59. The van der Waals surface area contributed by atoms with Gasteiger partial charge in [0.2, 0.25) is 5.91 Å². The number of benzene rings is 1. The van der Waals surface area contributed by atoms with Crippen LogP contribution in [0.4, 0.5) is 0 Å². The Labute approximate surface area is 161 Å². The van der Waals surface area contributed by atoms with Crippen molar-refractivity contribution in [2.75, 3.05) is 27.2 Å². The van der Waals surface area contributed by atoms with Gasteiger partial charge in [-0.05, 0) is 24.6 Å². The molecule has 1 amide bonds. The minimum absolute atomic E-state index is 0.0362. The van der Waals surface area contributed by atoms with Crippen molar-refractivity contribution in [3.63, 3.8) is 0 Å². The van der Waals surface area contributed by atoms with Gasteiger partial charge in [-0.3, -0.25) is 4.79 Å². The smallest absolute Gasteiger partial charge is 0.243 e. The first-order valence-electron chi connectivity index (χ1n) is 9.29. The molecule has 6 heteroatoms. The zero-order valence-electron chi connectivity index (χ0n) is 16.6. The number of rotatable bonds is 8. The zero-order valence-corrected chi connectivity index (χ0v) is 16.6. The molecular formula is C21H30N4O2. The first-order valence-corrected chi connectivity index (χ1v) is 9.29. The summed E-state index contributed by atoms with van der Waals surface area (Å²) in [5, 5.41) is 6.72. The Hall–Kier alpha value is -2.76. The van der Waals surface area contributed by atoms with Crippen molar-refractivity contribution in [1.82, 2.24) is 15.5 Å². The summed E-state index contributed by atoms with van der Waals surface area (Å²) in [4.78, 5) is 17.9. The topological polar surface area (TPSA) is 69.9 Å². The van der Waals surface area contributed by atoms with Crippen LogP contribution in [0.15, 0.2) is 58.1 Å². The van der Waals surface area contributed by atoms with Crippen LogP contribution in [0, 0.1) is 0 Å². The van der Waals surface area contributed by atoms with Gasteiger partial charge < -0.3 is 20.0 Å². The van der Waals surface area contributed by atoms with Gasteiger partial charge in [-0.1, -0.05) is 37.3 Å². The monoisotopic (exact) mass is 370 g/mol. The van der Waals surface area contributed by atoms with Gasteiger partial charge in [-0.25, -0.2) is 4.99 Å². The van der Waals surface area contributed by atoms with Gasteiger partial charge in [0.05, 0.1) is 6.26 Å². The maximum Gasteiger partial charge on any atom is 0.243 e. The highest BCUT2D eigenvalue weighted by Crippen LogP contribution is 2.18. The highest BCUT2D eigenvalue weighted by Gasteiger charge is 2.16. The quantitative estimate of drug-likeness (QED) is 0.554. The molecule has 0 aliphatic heterocycles. The zero-order chi connectivity index (χ0) is 19.6. The number of likely N-dealkylation sites (N-methyl/N-ethyl adjacent to an activating group) is 1. The summed E-state index contributed by atoms with van der Waals surface area (Å²) in [6.07, 6.45) is 2.42. The Balaban J connectivity index is 1.98. The third-order valence-corrected chi connectivity index (χ3v) is 4.55. The number of aliphatic imine (C=N–C) groups is 1. The summed E-state index contributed by atoms with van der Waals surface area (Å²) in [7, 11) is 3.46. The molecule has 2 aromatic rings. The Morgan fingerprint density at radius 1 is 1.15 bits per heavy atom. The van der Waals surface area contributed by atoms with Crippen LogP contribution in [0.2, 0.25) is 0 Å². The maximum absolute atomic E-state index is 11.9. The van der Waals surface area contributed by atoms with Crippen molar-refractivity contribution in [1.29, 1.82) is 0 Å². The van der Waals surface area contributed by atoms with Crippen molar-refractivity contribution in [3.05, 3.63) is 60.1 Å². The van der Waals surface area contributed by atoms with Crippen molar-refractivity contribution in [3.8, 4) is 0 Å². The van der Waals surface area contributed by atoms with Crippen LogP contribution in [0.1, 0.15) is 31.1 Å². The number of hydrogen-bond donors (Lipinski definition) is 2. The number of nitrogens with one attached hydrogen (secondary N) is 2. The average molecular weight is 370 g/mol. The summed E-state index contributed by atoms with van der Waals surface area (Å²) < 4.78 is 5.36. The number of carbonyl (C=O) groups is 1. The fourth-order valence-electron chi connectivity index (χ4n) is 2.59. The van der Waals surface area contributed by atoms with Gasteiger partial charge in [-0.15, -0.1) is 0 Å². The molecule has 2 rings (SSSR count). The molecule has 1 heterocycles. The van der Waals surface area contributed by atoms with Crippen molar-refractivity contribution in [2.24, 2.45) is 4.99 Å². The van der Waals surface area contributed by atoms with Gasteiger partial charge >= 0.3 is 0 Å². The van der Waals surface area contributed by atoms with Gasteiger partial charge in [0, 0.05) is 39.0 Å². The van der Waals surface area contributed by atoms with E-state index in [1.165, 1.54) is 5.56 Å². The molecule has 1 aromatic heterocycles. The summed E-state index contributed by atoms with van der Waals surface area (Å²) in [5.74, 6) is 1.81. The highest BCUT2D eigenvalue weighted by atomic mass is 16.3. The van der Waals surface area contributed by atoms with Crippen LogP contribution in [0.5, 0.6) is 0 Å². The first-order chi connectivity index (χ1) is 13.0. The van der Waals surface area contributed by atoms with E-state index in [9.17, 15) is 4.79 Å². The van der Waals surface area contributed by atoms with E-state index in [0.717, 1.165) is 12.2 Å². The molecule has 27 heavy (non-hydrogen) atoms. The van der Waals surface area contributed by atoms with E-state index in [2.05, 4.69) is 41.6 Å². The molecule has 6 nitrogen and oxygen atoms in total. The lowest BCUT2D eigenvalue weighted by Crippen LogP contribution is -2.45. The number of amides is 1. The van der Waals surface area contributed by atoms with E-state index < -0.39 is 0 Å². The Morgan fingerprint density at radius 2 is 1.89 bits per heavy atom. The van der Waals surface area contributed by atoms with Crippen LogP contribution in [-0.2, 0) is 11.2 Å². The van der Waals surface area contributed by atoms with E-state index in [4.69, 9.17) is 4.42 Å². The van der Waals surface area contributed by atoms with E-state index in [0.29, 0.717) is 18.4 Å². The van der Waals surface area contributed by atoms with E-state index in [1.807, 2.05) is 30.3 Å². The van der Waals surface area contributed by atoms with Gasteiger partial charge in [0.15, 0.2) is 5.96 Å².